The second-order valence-electron chi connectivity index (χ2n) is 6.10. The van der Waals surface area contributed by atoms with Gasteiger partial charge in [-0.3, -0.25) is 0 Å². The minimum Gasteiger partial charge on any atom is -0.497 e. The zero-order valence-corrected chi connectivity index (χ0v) is 17.6. The summed E-state index contributed by atoms with van der Waals surface area (Å²) in [7, 11) is -2.05. The van der Waals surface area contributed by atoms with Crippen LogP contribution < -0.4 is 4.74 Å². The fourth-order valence-electron chi connectivity index (χ4n) is 2.70. The van der Waals surface area contributed by atoms with Crippen molar-refractivity contribution < 1.29 is 22.1 Å². The predicted octanol–water partition coefficient (Wildman–Crippen LogP) is 4.74. The SMILES string of the molecule is COc1ccc(S(=O)(=O)Cc2ccc(-c3nc(-c4ccccc4Br)no3)o2)cc1. The normalized spacial score (nSPS) is 11.5. The molecule has 7 nitrogen and oxygen atoms in total. The number of sulfone groups is 1. The Hall–Kier alpha value is -2.91. The summed E-state index contributed by atoms with van der Waals surface area (Å²) in [6.45, 7) is 0. The molecule has 0 saturated heterocycles. The van der Waals surface area contributed by atoms with Gasteiger partial charge in [-0.05, 0) is 48.5 Å². The largest absolute Gasteiger partial charge is 0.497 e. The van der Waals surface area contributed by atoms with Gasteiger partial charge in [0.25, 0.3) is 5.89 Å². The molecule has 0 atom stereocenters. The standard InChI is InChI=1S/C20H15BrN2O5S/c1-26-13-6-9-15(10-7-13)29(24,25)12-14-8-11-18(27-14)20-22-19(23-28-20)16-4-2-3-5-17(16)21/h2-11H,12H2,1H3. The van der Waals surface area contributed by atoms with Crippen molar-refractivity contribution in [3.8, 4) is 28.8 Å². The zero-order chi connectivity index (χ0) is 20.4. The first kappa shape index (κ1) is 19.4. The van der Waals surface area contributed by atoms with Gasteiger partial charge in [0.05, 0.1) is 12.0 Å². The zero-order valence-electron chi connectivity index (χ0n) is 15.2. The van der Waals surface area contributed by atoms with Crippen molar-refractivity contribution >= 4 is 25.8 Å². The molecule has 0 saturated carbocycles. The molecule has 2 aromatic heterocycles. The summed E-state index contributed by atoms with van der Waals surface area (Å²) in [5.74, 6) is 1.44. The number of ether oxygens (including phenoxy) is 1. The maximum atomic E-state index is 12.6. The van der Waals surface area contributed by atoms with E-state index in [1.807, 2.05) is 24.3 Å². The topological polar surface area (TPSA) is 95.4 Å². The van der Waals surface area contributed by atoms with Crippen molar-refractivity contribution in [1.29, 1.82) is 0 Å². The van der Waals surface area contributed by atoms with Gasteiger partial charge in [0.15, 0.2) is 15.6 Å². The molecule has 0 aliphatic rings. The molecule has 0 unspecified atom stereocenters. The van der Waals surface area contributed by atoms with E-state index < -0.39 is 9.84 Å². The Morgan fingerprint density at radius 3 is 2.52 bits per heavy atom. The third-order valence-corrected chi connectivity index (χ3v) is 6.51. The predicted molar refractivity (Wildman–Crippen MR) is 109 cm³/mol. The maximum absolute atomic E-state index is 12.6. The second kappa shape index (κ2) is 7.84. The summed E-state index contributed by atoms with van der Waals surface area (Å²) in [6.07, 6.45) is 0. The van der Waals surface area contributed by atoms with E-state index in [0.29, 0.717) is 17.3 Å². The lowest BCUT2D eigenvalue weighted by molar-refractivity contribution is 0.413. The first-order valence-electron chi connectivity index (χ1n) is 8.51. The van der Waals surface area contributed by atoms with Crippen LogP contribution in [0.15, 0.2) is 79.0 Å². The number of halogens is 1. The number of furan rings is 1. The Bertz CT molecular complexity index is 1250. The van der Waals surface area contributed by atoms with E-state index in [2.05, 4.69) is 26.1 Å². The minimum atomic E-state index is -3.57. The van der Waals surface area contributed by atoms with Crippen molar-refractivity contribution in [2.45, 2.75) is 10.6 Å². The summed E-state index contributed by atoms with van der Waals surface area (Å²) < 4.78 is 42.0. The van der Waals surface area contributed by atoms with E-state index in [9.17, 15) is 8.42 Å². The second-order valence-corrected chi connectivity index (χ2v) is 8.95. The molecular formula is C20H15BrN2O5S. The number of hydrogen-bond donors (Lipinski definition) is 0. The lowest BCUT2D eigenvalue weighted by Crippen LogP contribution is -2.04. The van der Waals surface area contributed by atoms with Gasteiger partial charge in [-0.25, -0.2) is 8.42 Å². The average Bonchev–Trinajstić information content (AvgIpc) is 3.38. The fourth-order valence-corrected chi connectivity index (χ4v) is 4.41. The fraction of sp³-hybridized carbons (Fsp3) is 0.100. The molecule has 29 heavy (non-hydrogen) atoms. The molecular weight excluding hydrogens is 460 g/mol. The van der Waals surface area contributed by atoms with Gasteiger partial charge in [0, 0.05) is 10.0 Å². The molecule has 0 bridgehead atoms. The number of methoxy groups -OCH3 is 1. The summed E-state index contributed by atoms with van der Waals surface area (Å²) in [4.78, 5) is 4.52. The smallest absolute Gasteiger partial charge is 0.293 e. The van der Waals surface area contributed by atoms with Gasteiger partial charge in [0.2, 0.25) is 5.82 Å². The lowest BCUT2D eigenvalue weighted by Gasteiger charge is -2.04. The van der Waals surface area contributed by atoms with E-state index in [-0.39, 0.29) is 22.3 Å². The Balaban J connectivity index is 1.55. The van der Waals surface area contributed by atoms with Crippen LogP contribution >= 0.6 is 15.9 Å². The number of rotatable bonds is 6. The van der Waals surface area contributed by atoms with Crippen molar-refractivity contribution in [3.05, 3.63) is 70.9 Å². The monoisotopic (exact) mass is 474 g/mol. The van der Waals surface area contributed by atoms with E-state index in [4.69, 9.17) is 13.7 Å². The molecule has 2 aromatic carbocycles. The van der Waals surface area contributed by atoms with Crippen LogP contribution in [0.25, 0.3) is 23.0 Å². The lowest BCUT2D eigenvalue weighted by atomic mass is 10.2. The van der Waals surface area contributed by atoms with Gasteiger partial charge in [-0.15, -0.1) is 0 Å². The molecule has 0 aliphatic carbocycles. The van der Waals surface area contributed by atoms with Crippen LogP contribution in [-0.4, -0.2) is 25.7 Å². The van der Waals surface area contributed by atoms with Crippen molar-refractivity contribution in [3.63, 3.8) is 0 Å². The molecule has 0 aliphatic heterocycles. The van der Waals surface area contributed by atoms with Crippen molar-refractivity contribution in [1.82, 2.24) is 10.1 Å². The van der Waals surface area contributed by atoms with Gasteiger partial charge in [0.1, 0.15) is 17.3 Å². The Morgan fingerprint density at radius 1 is 1.03 bits per heavy atom. The molecule has 4 aromatic rings. The Morgan fingerprint density at radius 2 is 1.79 bits per heavy atom. The third kappa shape index (κ3) is 4.10. The maximum Gasteiger partial charge on any atom is 0.293 e. The Kier molecular flexibility index (Phi) is 5.25. The highest BCUT2D eigenvalue weighted by molar-refractivity contribution is 9.10. The van der Waals surface area contributed by atoms with E-state index >= 15 is 0 Å². The summed E-state index contributed by atoms with van der Waals surface area (Å²) in [6, 6.07) is 16.9. The summed E-state index contributed by atoms with van der Waals surface area (Å²) in [5.41, 5.74) is 0.774. The third-order valence-electron chi connectivity index (χ3n) is 4.16. The molecule has 0 fully saturated rings. The van der Waals surface area contributed by atoms with Gasteiger partial charge in [-0.2, -0.15) is 4.98 Å². The highest BCUT2D eigenvalue weighted by atomic mass is 79.9. The van der Waals surface area contributed by atoms with Crippen LogP contribution in [0.5, 0.6) is 5.75 Å². The van der Waals surface area contributed by atoms with Crippen LogP contribution in [0.4, 0.5) is 0 Å². The number of nitrogens with zero attached hydrogens (tertiary/aromatic N) is 2. The molecule has 0 spiro atoms. The molecule has 0 N–H and O–H groups in total. The van der Waals surface area contributed by atoms with Crippen LogP contribution in [0.2, 0.25) is 0 Å². The first-order valence-corrected chi connectivity index (χ1v) is 11.0. The average molecular weight is 475 g/mol. The number of aromatic nitrogens is 2. The van der Waals surface area contributed by atoms with Crippen molar-refractivity contribution in [2.75, 3.05) is 7.11 Å². The van der Waals surface area contributed by atoms with Gasteiger partial charge < -0.3 is 13.7 Å². The van der Waals surface area contributed by atoms with Gasteiger partial charge in [-0.1, -0.05) is 33.2 Å². The van der Waals surface area contributed by atoms with Crippen molar-refractivity contribution in [2.24, 2.45) is 0 Å². The molecule has 4 rings (SSSR count). The summed E-state index contributed by atoms with van der Waals surface area (Å²) >= 11 is 3.45. The highest BCUT2D eigenvalue weighted by Crippen LogP contribution is 2.29. The highest BCUT2D eigenvalue weighted by Gasteiger charge is 2.20. The van der Waals surface area contributed by atoms with Crippen LogP contribution in [0.1, 0.15) is 5.76 Å². The van der Waals surface area contributed by atoms with E-state index in [1.165, 1.54) is 19.2 Å². The van der Waals surface area contributed by atoms with Crippen LogP contribution in [-0.2, 0) is 15.6 Å². The van der Waals surface area contributed by atoms with E-state index in [1.54, 1.807) is 24.3 Å². The molecule has 0 amide bonds. The van der Waals surface area contributed by atoms with E-state index in [0.717, 1.165) is 10.0 Å². The quantitative estimate of drug-likeness (QED) is 0.398. The molecule has 148 valence electrons. The minimum absolute atomic E-state index is 0.170. The van der Waals surface area contributed by atoms with Crippen LogP contribution in [0, 0.1) is 0 Å². The molecule has 9 heteroatoms. The number of hydrogen-bond acceptors (Lipinski definition) is 7. The summed E-state index contributed by atoms with van der Waals surface area (Å²) in [5, 5.41) is 3.97. The Labute approximate surface area is 175 Å². The molecule has 2 heterocycles. The number of benzene rings is 2. The van der Waals surface area contributed by atoms with Crippen LogP contribution in [0.3, 0.4) is 0 Å². The first-order chi connectivity index (χ1) is 14.0. The van der Waals surface area contributed by atoms with Gasteiger partial charge >= 0.3 is 0 Å². The molecule has 0 radical (unpaired) electrons.